The standard InChI is InChI=1S/C48H27NO3S/c1-4-14-38-31(9-1)33-24-21-29(27-42(33)51-38)28-19-22-30(23-20-28)49(36-12-7-17-41-45(36)35-11-3-6-16-40(35)50-41)37-13-8-18-43-46(37)47-44(53-43)26-25-34-32-10-2-5-15-39(32)52-48(34)47/h1-27H. The summed E-state index contributed by atoms with van der Waals surface area (Å²) in [5, 5.41) is 8.99. The van der Waals surface area contributed by atoms with Crippen molar-refractivity contribution >= 4 is 114 Å². The summed E-state index contributed by atoms with van der Waals surface area (Å²) in [5.74, 6) is 0. The van der Waals surface area contributed by atoms with Gasteiger partial charge in [-0.3, -0.25) is 0 Å². The first kappa shape index (κ1) is 28.8. The first-order valence-electron chi connectivity index (χ1n) is 17.7. The third-order valence-corrected chi connectivity index (χ3v) is 11.8. The largest absolute Gasteiger partial charge is 0.456 e. The Labute approximate surface area is 306 Å². The van der Waals surface area contributed by atoms with Crippen molar-refractivity contribution in [2.75, 3.05) is 4.90 Å². The second kappa shape index (κ2) is 10.8. The second-order valence-corrected chi connectivity index (χ2v) is 14.7. The molecule has 0 atom stereocenters. The molecule has 0 unspecified atom stereocenters. The lowest BCUT2D eigenvalue weighted by Crippen LogP contribution is -2.10. The molecular weight excluding hydrogens is 671 g/mol. The van der Waals surface area contributed by atoms with Crippen LogP contribution in [-0.2, 0) is 0 Å². The molecule has 4 aromatic heterocycles. The quantitative estimate of drug-likeness (QED) is 0.184. The number of hydrogen-bond acceptors (Lipinski definition) is 5. The number of para-hydroxylation sites is 3. The molecule has 0 radical (unpaired) electrons. The van der Waals surface area contributed by atoms with E-state index in [1.54, 1.807) is 11.3 Å². The minimum atomic E-state index is 0.853. The van der Waals surface area contributed by atoms with E-state index >= 15 is 0 Å². The van der Waals surface area contributed by atoms with Gasteiger partial charge in [-0.15, -0.1) is 11.3 Å². The Morgan fingerprint density at radius 3 is 1.74 bits per heavy atom. The molecule has 248 valence electrons. The predicted molar refractivity (Wildman–Crippen MR) is 221 cm³/mol. The van der Waals surface area contributed by atoms with Crippen LogP contribution in [0.15, 0.2) is 177 Å². The maximum absolute atomic E-state index is 6.67. The summed E-state index contributed by atoms with van der Waals surface area (Å²) >= 11 is 1.80. The molecule has 53 heavy (non-hydrogen) atoms. The van der Waals surface area contributed by atoms with Gasteiger partial charge < -0.3 is 18.2 Å². The molecule has 0 aliphatic heterocycles. The fraction of sp³-hybridized carbons (Fsp3) is 0. The van der Waals surface area contributed by atoms with Crippen molar-refractivity contribution in [3.63, 3.8) is 0 Å². The Bertz CT molecular complexity index is 3420. The highest BCUT2D eigenvalue weighted by Gasteiger charge is 2.24. The first-order valence-corrected chi connectivity index (χ1v) is 18.6. The van der Waals surface area contributed by atoms with Gasteiger partial charge >= 0.3 is 0 Å². The van der Waals surface area contributed by atoms with Crippen LogP contribution in [0.1, 0.15) is 0 Å². The average Bonchev–Trinajstić information content (AvgIpc) is 3.98. The number of benzene rings is 8. The zero-order valence-corrected chi connectivity index (χ0v) is 29.0. The van der Waals surface area contributed by atoms with Crippen molar-refractivity contribution in [3.8, 4) is 11.1 Å². The fourth-order valence-corrected chi connectivity index (χ4v) is 9.44. The second-order valence-electron chi connectivity index (χ2n) is 13.6. The van der Waals surface area contributed by atoms with Crippen LogP contribution in [0, 0.1) is 0 Å². The molecule has 0 fully saturated rings. The lowest BCUT2D eigenvalue weighted by atomic mass is 10.0. The summed E-state index contributed by atoms with van der Waals surface area (Å²) in [7, 11) is 0. The van der Waals surface area contributed by atoms with E-state index in [-0.39, 0.29) is 0 Å². The predicted octanol–water partition coefficient (Wildman–Crippen LogP) is 14.9. The summed E-state index contributed by atoms with van der Waals surface area (Å²) in [6.45, 7) is 0. The molecule has 0 aliphatic carbocycles. The zero-order valence-electron chi connectivity index (χ0n) is 28.2. The van der Waals surface area contributed by atoms with Gasteiger partial charge in [0.05, 0.1) is 16.8 Å². The van der Waals surface area contributed by atoms with E-state index in [0.717, 1.165) is 99.4 Å². The van der Waals surface area contributed by atoms with Gasteiger partial charge in [-0.05, 0) is 90.0 Å². The molecular formula is C48H27NO3S. The number of nitrogens with zero attached hydrogens (tertiary/aromatic N) is 1. The number of rotatable bonds is 4. The Morgan fingerprint density at radius 2 is 0.925 bits per heavy atom. The number of furan rings is 3. The normalized spacial score (nSPS) is 12.2. The molecule has 0 bridgehead atoms. The molecule has 0 saturated heterocycles. The van der Waals surface area contributed by atoms with Crippen LogP contribution in [0.25, 0.3) is 97.1 Å². The smallest absolute Gasteiger partial charge is 0.144 e. The van der Waals surface area contributed by atoms with Gasteiger partial charge in [-0.1, -0.05) is 84.9 Å². The van der Waals surface area contributed by atoms with Crippen molar-refractivity contribution in [1.82, 2.24) is 0 Å². The van der Waals surface area contributed by atoms with Gasteiger partial charge in [0.2, 0.25) is 0 Å². The van der Waals surface area contributed by atoms with E-state index in [4.69, 9.17) is 13.3 Å². The van der Waals surface area contributed by atoms with Crippen molar-refractivity contribution < 1.29 is 13.3 Å². The summed E-state index contributed by atoms with van der Waals surface area (Å²) < 4.78 is 21.8. The molecule has 12 rings (SSSR count). The highest BCUT2D eigenvalue weighted by molar-refractivity contribution is 7.26. The number of thiophene rings is 1. The van der Waals surface area contributed by atoms with Gasteiger partial charge in [0.25, 0.3) is 0 Å². The highest BCUT2D eigenvalue weighted by Crippen LogP contribution is 2.50. The third-order valence-electron chi connectivity index (χ3n) is 10.7. The monoisotopic (exact) mass is 697 g/mol. The van der Waals surface area contributed by atoms with Gasteiger partial charge in [0, 0.05) is 52.8 Å². The lowest BCUT2D eigenvalue weighted by molar-refractivity contribution is 0.668. The van der Waals surface area contributed by atoms with Crippen molar-refractivity contribution in [3.05, 3.63) is 164 Å². The van der Waals surface area contributed by atoms with Crippen LogP contribution in [0.2, 0.25) is 0 Å². The summed E-state index contributed by atoms with van der Waals surface area (Å²) in [6.07, 6.45) is 0. The number of hydrogen-bond donors (Lipinski definition) is 0. The Morgan fingerprint density at radius 1 is 0.358 bits per heavy atom. The van der Waals surface area contributed by atoms with Gasteiger partial charge in [-0.2, -0.15) is 0 Å². The van der Waals surface area contributed by atoms with Gasteiger partial charge in [0.15, 0.2) is 0 Å². The van der Waals surface area contributed by atoms with E-state index in [9.17, 15) is 0 Å². The molecule has 12 aromatic rings. The Balaban J connectivity index is 1.11. The minimum absolute atomic E-state index is 0.853. The summed E-state index contributed by atoms with van der Waals surface area (Å²) in [4.78, 5) is 2.40. The molecule has 0 amide bonds. The van der Waals surface area contributed by atoms with E-state index in [0.29, 0.717) is 0 Å². The van der Waals surface area contributed by atoms with E-state index < -0.39 is 0 Å². The van der Waals surface area contributed by atoms with Crippen LogP contribution in [0.3, 0.4) is 0 Å². The van der Waals surface area contributed by atoms with Gasteiger partial charge in [-0.25, -0.2) is 0 Å². The molecule has 8 aromatic carbocycles. The maximum Gasteiger partial charge on any atom is 0.144 e. The van der Waals surface area contributed by atoms with Crippen LogP contribution in [0.4, 0.5) is 17.1 Å². The van der Waals surface area contributed by atoms with E-state index in [1.165, 1.54) is 14.8 Å². The van der Waals surface area contributed by atoms with E-state index in [2.05, 4.69) is 138 Å². The lowest BCUT2D eigenvalue weighted by Gasteiger charge is -2.27. The first-order chi connectivity index (χ1) is 26.3. The molecule has 4 nitrogen and oxygen atoms in total. The fourth-order valence-electron chi connectivity index (χ4n) is 8.31. The Hall–Kier alpha value is -6.82. The summed E-state index contributed by atoms with van der Waals surface area (Å²) in [6, 6.07) is 57.7. The van der Waals surface area contributed by atoms with Crippen LogP contribution in [-0.4, -0.2) is 0 Å². The molecule has 0 spiro atoms. The van der Waals surface area contributed by atoms with Crippen molar-refractivity contribution in [2.24, 2.45) is 0 Å². The third kappa shape index (κ3) is 4.17. The molecule has 0 saturated carbocycles. The molecule has 0 aliphatic rings. The molecule has 0 N–H and O–H groups in total. The number of fused-ring (bicyclic) bond motifs is 13. The minimum Gasteiger partial charge on any atom is -0.456 e. The highest BCUT2D eigenvalue weighted by atomic mass is 32.1. The van der Waals surface area contributed by atoms with Gasteiger partial charge in [0.1, 0.15) is 33.5 Å². The Kier molecular flexibility index (Phi) is 5.90. The van der Waals surface area contributed by atoms with E-state index in [1.807, 2.05) is 30.3 Å². The zero-order chi connectivity index (χ0) is 34.6. The maximum atomic E-state index is 6.67. The van der Waals surface area contributed by atoms with Crippen molar-refractivity contribution in [1.29, 1.82) is 0 Å². The molecule has 4 heterocycles. The SMILES string of the molecule is c1ccc2c(c1)oc1cc(-c3ccc(N(c4cccc5oc6ccccc6c45)c4cccc5sc6ccc7c8ccccc8oc7c6c45)cc3)ccc12. The van der Waals surface area contributed by atoms with Crippen LogP contribution in [0.5, 0.6) is 0 Å². The molecule has 5 heteroatoms. The average molecular weight is 698 g/mol. The number of anilines is 3. The summed E-state index contributed by atoms with van der Waals surface area (Å²) in [5.41, 5.74) is 10.7. The van der Waals surface area contributed by atoms with Crippen LogP contribution >= 0.6 is 11.3 Å². The topological polar surface area (TPSA) is 42.7 Å². The van der Waals surface area contributed by atoms with Crippen molar-refractivity contribution in [2.45, 2.75) is 0 Å². The van der Waals surface area contributed by atoms with Crippen LogP contribution < -0.4 is 4.90 Å².